The minimum Gasteiger partial charge on any atom is -0.378 e. The number of nitrogens with one attached hydrogen (secondary N) is 1. The Morgan fingerprint density at radius 3 is 3.00 bits per heavy atom. The molecule has 0 aromatic heterocycles. The van der Waals surface area contributed by atoms with E-state index in [1.54, 1.807) is 0 Å². The van der Waals surface area contributed by atoms with Crippen LogP contribution in [0.2, 0.25) is 0 Å². The molecule has 1 saturated heterocycles. The van der Waals surface area contributed by atoms with Crippen molar-refractivity contribution in [1.29, 1.82) is 0 Å². The molecular weight excluding hydrogens is 262 g/mol. The number of aryl methyl sites for hydroxylation is 1. The molecule has 1 N–H and O–H groups in total. The molecule has 3 unspecified atom stereocenters. The van der Waals surface area contributed by atoms with Crippen LogP contribution in [0.4, 0.5) is 5.69 Å². The number of anilines is 1. The summed E-state index contributed by atoms with van der Waals surface area (Å²) >= 11 is 6.61. The summed E-state index contributed by atoms with van der Waals surface area (Å²) in [6.45, 7) is 2.89. The van der Waals surface area contributed by atoms with Gasteiger partial charge in [-0.15, -0.1) is 11.6 Å². The minimum atomic E-state index is -0.0135. The number of amides is 1. The quantitative estimate of drug-likeness (QED) is 0.844. The Kier molecular flexibility index (Phi) is 3.50. The average molecular weight is 280 g/mol. The zero-order valence-corrected chi connectivity index (χ0v) is 11.7. The van der Waals surface area contributed by atoms with E-state index >= 15 is 0 Å². The van der Waals surface area contributed by atoms with E-state index in [1.165, 1.54) is 5.56 Å². The van der Waals surface area contributed by atoms with Gasteiger partial charge < -0.3 is 10.1 Å². The van der Waals surface area contributed by atoms with Crippen molar-refractivity contribution < 1.29 is 9.53 Å². The van der Waals surface area contributed by atoms with E-state index in [2.05, 4.69) is 18.3 Å². The van der Waals surface area contributed by atoms with Crippen LogP contribution >= 0.6 is 11.6 Å². The molecule has 1 aromatic carbocycles. The zero-order valence-electron chi connectivity index (χ0n) is 11.0. The van der Waals surface area contributed by atoms with E-state index in [4.69, 9.17) is 16.3 Å². The maximum absolute atomic E-state index is 11.3. The minimum absolute atomic E-state index is 0.0135. The first-order chi connectivity index (χ1) is 9.15. The molecule has 0 radical (unpaired) electrons. The van der Waals surface area contributed by atoms with Gasteiger partial charge >= 0.3 is 0 Å². The predicted molar refractivity (Wildman–Crippen MR) is 75.5 cm³/mol. The SMILES string of the molecule is CC1OCCC1C(Cl)c1ccc2c(c1)CCC(=O)N2. The third-order valence-corrected chi connectivity index (χ3v) is 4.73. The summed E-state index contributed by atoms with van der Waals surface area (Å²) in [5, 5.41) is 2.88. The molecule has 102 valence electrons. The number of carbonyl (C=O) groups excluding carboxylic acids is 1. The lowest BCUT2D eigenvalue weighted by Gasteiger charge is -2.23. The summed E-state index contributed by atoms with van der Waals surface area (Å²) in [5.74, 6) is 0.471. The van der Waals surface area contributed by atoms with Crippen LogP contribution < -0.4 is 5.32 Å². The number of benzene rings is 1. The monoisotopic (exact) mass is 279 g/mol. The van der Waals surface area contributed by atoms with Gasteiger partial charge in [0.15, 0.2) is 0 Å². The van der Waals surface area contributed by atoms with Crippen molar-refractivity contribution in [1.82, 2.24) is 0 Å². The number of rotatable bonds is 2. The van der Waals surface area contributed by atoms with Crippen LogP contribution in [0.3, 0.4) is 0 Å². The molecular formula is C15H18ClNO2. The zero-order chi connectivity index (χ0) is 13.4. The molecule has 3 nitrogen and oxygen atoms in total. The molecule has 2 heterocycles. The fourth-order valence-electron chi connectivity index (χ4n) is 2.95. The van der Waals surface area contributed by atoms with Gasteiger partial charge in [-0.25, -0.2) is 0 Å². The lowest BCUT2D eigenvalue weighted by molar-refractivity contribution is -0.116. The highest BCUT2D eigenvalue weighted by atomic mass is 35.5. The first-order valence-corrected chi connectivity index (χ1v) is 7.27. The number of hydrogen-bond acceptors (Lipinski definition) is 2. The van der Waals surface area contributed by atoms with Crippen LogP contribution in [0.5, 0.6) is 0 Å². The van der Waals surface area contributed by atoms with Gasteiger partial charge in [-0.2, -0.15) is 0 Å². The second kappa shape index (κ2) is 5.14. The lowest BCUT2D eigenvalue weighted by Crippen LogP contribution is -2.20. The number of ether oxygens (including phenoxy) is 1. The molecule has 3 rings (SSSR count). The van der Waals surface area contributed by atoms with Crippen LogP contribution in [-0.4, -0.2) is 18.6 Å². The van der Waals surface area contributed by atoms with Gasteiger partial charge in [0, 0.05) is 24.6 Å². The smallest absolute Gasteiger partial charge is 0.224 e. The molecule has 0 saturated carbocycles. The maximum Gasteiger partial charge on any atom is 0.224 e. The topological polar surface area (TPSA) is 38.3 Å². The van der Waals surface area contributed by atoms with E-state index in [1.807, 2.05) is 12.1 Å². The molecule has 1 aromatic rings. The number of alkyl halides is 1. The Bertz CT molecular complexity index is 503. The Labute approximate surface area is 118 Å². The summed E-state index contributed by atoms with van der Waals surface area (Å²) in [4.78, 5) is 11.3. The Morgan fingerprint density at radius 2 is 2.26 bits per heavy atom. The van der Waals surface area contributed by atoms with Crippen LogP contribution in [0.15, 0.2) is 18.2 Å². The molecule has 0 aliphatic carbocycles. The van der Waals surface area contributed by atoms with Gasteiger partial charge in [0.1, 0.15) is 0 Å². The fourth-order valence-corrected chi connectivity index (χ4v) is 3.42. The fraction of sp³-hybridized carbons (Fsp3) is 0.533. The van der Waals surface area contributed by atoms with Crippen molar-refractivity contribution in [2.45, 2.75) is 37.7 Å². The third-order valence-electron chi connectivity index (χ3n) is 4.15. The Hall–Kier alpha value is -1.06. The van der Waals surface area contributed by atoms with Gasteiger partial charge in [-0.05, 0) is 37.0 Å². The molecule has 1 fully saturated rings. The summed E-state index contributed by atoms with van der Waals surface area (Å²) < 4.78 is 5.59. The van der Waals surface area contributed by atoms with Gasteiger partial charge in [0.25, 0.3) is 0 Å². The van der Waals surface area contributed by atoms with Crippen molar-refractivity contribution in [3.05, 3.63) is 29.3 Å². The van der Waals surface area contributed by atoms with E-state index in [-0.39, 0.29) is 17.4 Å². The van der Waals surface area contributed by atoms with Crippen molar-refractivity contribution in [3.63, 3.8) is 0 Å². The molecule has 2 aliphatic rings. The second-order valence-electron chi connectivity index (χ2n) is 5.39. The number of fused-ring (bicyclic) bond motifs is 1. The van der Waals surface area contributed by atoms with Gasteiger partial charge in [-0.3, -0.25) is 4.79 Å². The maximum atomic E-state index is 11.3. The second-order valence-corrected chi connectivity index (χ2v) is 5.87. The first kappa shape index (κ1) is 12.9. The summed E-state index contributed by atoms with van der Waals surface area (Å²) in [6.07, 6.45) is 2.60. The Morgan fingerprint density at radius 1 is 1.42 bits per heavy atom. The molecule has 4 heteroatoms. The Balaban J connectivity index is 1.83. The predicted octanol–water partition coefficient (Wildman–Crippen LogP) is 3.28. The molecule has 19 heavy (non-hydrogen) atoms. The first-order valence-electron chi connectivity index (χ1n) is 6.83. The average Bonchev–Trinajstić information content (AvgIpc) is 2.83. The van der Waals surface area contributed by atoms with Gasteiger partial charge in [-0.1, -0.05) is 12.1 Å². The van der Waals surface area contributed by atoms with Crippen LogP contribution in [-0.2, 0) is 16.0 Å². The molecule has 0 spiro atoms. The highest BCUT2D eigenvalue weighted by Crippen LogP contribution is 2.39. The highest BCUT2D eigenvalue weighted by Gasteiger charge is 2.32. The largest absolute Gasteiger partial charge is 0.378 e. The highest BCUT2D eigenvalue weighted by molar-refractivity contribution is 6.21. The summed E-state index contributed by atoms with van der Waals surface area (Å²) in [5.41, 5.74) is 3.26. The number of halogens is 1. The van der Waals surface area contributed by atoms with Crippen molar-refractivity contribution in [2.24, 2.45) is 5.92 Å². The van der Waals surface area contributed by atoms with Crippen LogP contribution in [0.1, 0.15) is 36.3 Å². The van der Waals surface area contributed by atoms with Crippen molar-refractivity contribution in [2.75, 3.05) is 11.9 Å². The van der Waals surface area contributed by atoms with Crippen molar-refractivity contribution in [3.8, 4) is 0 Å². The molecule has 2 aliphatic heterocycles. The number of carbonyl (C=O) groups is 1. The van der Waals surface area contributed by atoms with Gasteiger partial charge in [0.05, 0.1) is 11.5 Å². The lowest BCUT2D eigenvalue weighted by atomic mass is 9.91. The summed E-state index contributed by atoms with van der Waals surface area (Å²) in [6, 6.07) is 6.13. The van der Waals surface area contributed by atoms with Crippen LogP contribution in [0.25, 0.3) is 0 Å². The van der Waals surface area contributed by atoms with Gasteiger partial charge in [0.2, 0.25) is 5.91 Å². The normalized spacial score (nSPS) is 27.8. The van der Waals surface area contributed by atoms with Crippen LogP contribution in [0, 0.1) is 5.92 Å². The van der Waals surface area contributed by atoms with Crippen molar-refractivity contribution >= 4 is 23.2 Å². The standard InChI is InChI=1S/C15H18ClNO2/c1-9-12(6-7-19-9)15(16)11-2-4-13-10(8-11)3-5-14(18)17-13/h2,4,8-9,12,15H,3,5-7H2,1H3,(H,17,18). The van der Waals surface area contributed by atoms with E-state index in [9.17, 15) is 4.79 Å². The third kappa shape index (κ3) is 2.49. The molecule has 0 bridgehead atoms. The van der Waals surface area contributed by atoms with E-state index in [0.717, 1.165) is 30.7 Å². The van der Waals surface area contributed by atoms with E-state index in [0.29, 0.717) is 12.3 Å². The summed E-state index contributed by atoms with van der Waals surface area (Å²) in [7, 11) is 0. The molecule has 1 amide bonds. The van der Waals surface area contributed by atoms with E-state index < -0.39 is 0 Å². The number of hydrogen-bond donors (Lipinski definition) is 1. The molecule has 3 atom stereocenters.